The molecule has 0 spiro atoms. The normalized spacial score (nSPS) is 10.4. The summed E-state index contributed by atoms with van der Waals surface area (Å²) < 4.78 is 18.7. The average molecular weight is 266 g/mol. The van der Waals surface area contributed by atoms with E-state index in [1.165, 1.54) is 18.2 Å². The highest BCUT2D eigenvalue weighted by Crippen LogP contribution is 2.24. The van der Waals surface area contributed by atoms with Crippen molar-refractivity contribution in [1.82, 2.24) is 0 Å². The van der Waals surface area contributed by atoms with Crippen molar-refractivity contribution in [3.8, 4) is 5.75 Å². The molecule has 2 aromatic rings. The van der Waals surface area contributed by atoms with Crippen molar-refractivity contribution in [3.05, 3.63) is 58.4 Å². The van der Waals surface area contributed by atoms with Crippen LogP contribution in [0.25, 0.3) is 0 Å². The molecule has 4 heteroatoms. The van der Waals surface area contributed by atoms with Crippen molar-refractivity contribution >= 4 is 17.3 Å². The van der Waals surface area contributed by atoms with Crippen LogP contribution in [-0.2, 0) is 6.61 Å². The zero-order chi connectivity index (χ0) is 13.1. The van der Waals surface area contributed by atoms with Gasteiger partial charge in [0, 0.05) is 16.3 Å². The number of aryl methyl sites for hydroxylation is 1. The van der Waals surface area contributed by atoms with Crippen molar-refractivity contribution in [3.63, 3.8) is 0 Å². The highest BCUT2D eigenvalue weighted by atomic mass is 35.5. The molecule has 0 bridgehead atoms. The van der Waals surface area contributed by atoms with Gasteiger partial charge in [0.05, 0.1) is 0 Å². The molecule has 0 heterocycles. The second kappa shape index (κ2) is 5.27. The first-order valence-electron chi connectivity index (χ1n) is 5.49. The van der Waals surface area contributed by atoms with Gasteiger partial charge in [0.1, 0.15) is 18.2 Å². The topological polar surface area (TPSA) is 35.2 Å². The first-order valence-corrected chi connectivity index (χ1v) is 5.87. The SMILES string of the molecule is Cc1ccc(Cl)cc1OCc1cc(F)ccc1N. The molecule has 94 valence electrons. The number of rotatable bonds is 3. The van der Waals surface area contributed by atoms with Crippen LogP contribution < -0.4 is 10.5 Å². The van der Waals surface area contributed by atoms with Crippen molar-refractivity contribution in [1.29, 1.82) is 0 Å². The number of halogens is 2. The Hall–Kier alpha value is -1.74. The molecule has 0 amide bonds. The van der Waals surface area contributed by atoms with Gasteiger partial charge >= 0.3 is 0 Å². The van der Waals surface area contributed by atoms with Gasteiger partial charge in [-0.1, -0.05) is 17.7 Å². The van der Waals surface area contributed by atoms with Crippen molar-refractivity contribution in [2.45, 2.75) is 13.5 Å². The number of hydrogen-bond donors (Lipinski definition) is 1. The molecule has 0 saturated heterocycles. The third kappa shape index (κ3) is 2.93. The Bertz CT molecular complexity index is 520. The lowest BCUT2D eigenvalue weighted by Crippen LogP contribution is -2.01. The van der Waals surface area contributed by atoms with Crippen LogP contribution >= 0.6 is 11.6 Å². The van der Waals surface area contributed by atoms with Crippen molar-refractivity contribution in [2.75, 3.05) is 5.73 Å². The number of nitrogen functional groups attached to an aromatic ring is 1. The number of benzene rings is 2. The second-order valence-corrected chi connectivity index (χ2v) is 4.48. The quantitative estimate of drug-likeness (QED) is 0.853. The third-order valence-corrected chi connectivity index (χ3v) is 2.87. The first kappa shape index (κ1) is 12.7. The molecule has 2 N–H and O–H groups in total. The molecule has 2 rings (SSSR count). The van der Waals surface area contributed by atoms with Gasteiger partial charge < -0.3 is 10.5 Å². The zero-order valence-electron chi connectivity index (χ0n) is 9.91. The Morgan fingerprint density at radius 2 is 2.00 bits per heavy atom. The molecule has 18 heavy (non-hydrogen) atoms. The van der Waals surface area contributed by atoms with Gasteiger partial charge in [-0.3, -0.25) is 0 Å². The van der Waals surface area contributed by atoms with Gasteiger partial charge in [0.15, 0.2) is 0 Å². The van der Waals surface area contributed by atoms with Crippen LogP contribution in [0.5, 0.6) is 5.75 Å². The second-order valence-electron chi connectivity index (χ2n) is 4.04. The number of nitrogens with two attached hydrogens (primary N) is 1. The summed E-state index contributed by atoms with van der Waals surface area (Å²) in [5.41, 5.74) is 7.85. The number of anilines is 1. The summed E-state index contributed by atoms with van der Waals surface area (Å²) in [5, 5.41) is 0.600. The molecule has 0 fully saturated rings. The predicted molar refractivity (Wildman–Crippen MR) is 71.3 cm³/mol. The third-order valence-electron chi connectivity index (χ3n) is 2.64. The largest absolute Gasteiger partial charge is 0.488 e. The Morgan fingerprint density at radius 1 is 1.22 bits per heavy atom. The van der Waals surface area contributed by atoms with E-state index in [0.717, 1.165) is 5.56 Å². The van der Waals surface area contributed by atoms with Crippen LogP contribution in [-0.4, -0.2) is 0 Å². The monoisotopic (exact) mass is 265 g/mol. The van der Waals surface area contributed by atoms with Gasteiger partial charge in [-0.05, 0) is 42.8 Å². The standard InChI is InChI=1S/C14H13ClFNO/c1-9-2-3-11(15)7-14(9)18-8-10-6-12(16)4-5-13(10)17/h2-7H,8,17H2,1H3. The highest BCUT2D eigenvalue weighted by molar-refractivity contribution is 6.30. The van der Waals surface area contributed by atoms with E-state index in [1.54, 1.807) is 12.1 Å². The van der Waals surface area contributed by atoms with Crippen LogP contribution in [0, 0.1) is 12.7 Å². The molecule has 2 nitrogen and oxygen atoms in total. The van der Waals surface area contributed by atoms with Gasteiger partial charge in [0.2, 0.25) is 0 Å². The van der Waals surface area contributed by atoms with Crippen molar-refractivity contribution < 1.29 is 9.13 Å². The molecule has 0 aliphatic carbocycles. The van der Waals surface area contributed by atoms with Gasteiger partial charge in [-0.25, -0.2) is 4.39 Å². The van der Waals surface area contributed by atoms with E-state index in [0.29, 0.717) is 22.0 Å². The Balaban J connectivity index is 2.16. The van der Waals surface area contributed by atoms with Crippen LogP contribution in [0.3, 0.4) is 0 Å². The summed E-state index contributed by atoms with van der Waals surface area (Å²) in [7, 11) is 0. The Morgan fingerprint density at radius 3 is 2.78 bits per heavy atom. The van der Waals surface area contributed by atoms with E-state index >= 15 is 0 Å². The molecule has 0 unspecified atom stereocenters. The lowest BCUT2D eigenvalue weighted by Gasteiger charge is -2.11. The molecule has 0 saturated carbocycles. The van der Waals surface area contributed by atoms with Crippen LogP contribution in [0.1, 0.15) is 11.1 Å². The van der Waals surface area contributed by atoms with E-state index in [2.05, 4.69) is 0 Å². The summed E-state index contributed by atoms with van der Waals surface area (Å²) in [6, 6.07) is 9.61. The summed E-state index contributed by atoms with van der Waals surface area (Å²) in [6.07, 6.45) is 0. The molecule has 0 aliphatic heterocycles. The molecular formula is C14H13ClFNO. The summed E-state index contributed by atoms with van der Waals surface area (Å²) in [5.74, 6) is 0.344. The lowest BCUT2D eigenvalue weighted by molar-refractivity contribution is 0.304. The minimum atomic E-state index is -0.328. The van der Waals surface area contributed by atoms with Crippen LogP contribution in [0.15, 0.2) is 36.4 Å². The van der Waals surface area contributed by atoms with Crippen molar-refractivity contribution in [2.24, 2.45) is 0 Å². The molecular weight excluding hydrogens is 253 g/mol. The van der Waals surface area contributed by atoms with Gasteiger partial charge in [-0.2, -0.15) is 0 Å². The highest BCUT2D eigenvalue weighted by Gasteiger charge is 2.05. The van der Waals surface area contributed by atoms with E-state index in [-0.39, 0.29) is 12.4 Å². The molecule has 0 atom stereocenters. The van der Waals surface area contributed by atoms with Crippen LogP contribution in [0.4, 0.5) is 10.1 Å². The molecule has 0 radical (unpaired) electrons. The van der Waals surface area contributed by atoms with E-state index in [9.17, 15) is 4.39 Å². The summed E-state index contributed by atoms with van der Waals surface area (Å²) in [4.78, 5) is 0. The molecule has 0 aliphatic rings. The Kier molecular flexibility index (Phi) is 3.72. The van der Waals surface area contributed by atoms with Gasteiger partial charge in [0.25, 0.3) is 0 Å². The fourth-order valence-electron chi connectivity index (χ4n) is 1.58. The molecule has 2 aromatic carbocycles. The van der Waals surface area contributed by atoms with E-state index in [4.69, 9.17) is 22.1 Å². The fourth-order valence-corrected chi connectivity index (χ4v) is 1.75. The zero-order valence-corrected chi connectivity index (χ0v) is 10.7. The summed E-state index contributed by atoms with van der Waals surface area (Å²) >= 11 is 5.89. The maximum absolute atomic E-state index is 13.1. The average Bonchev–Trinajstić information content (AvgIpc) is 2.34. The number of ether oxygens (including phenoxy) is 1. The lowest BCUT2D eigenvalue weighted by atomic mass is 10.2. The maximum Gasteiger partial charge on any atom is 0.124 e. The molecule has 0 aromatic heterocycles. The summed E-state index contributed by atoms with van der Waals surface area (Å²) in [6.45, 7) is 2.13. The van der Waals surface area contributed by atoms with Gasteiger partial charge in [-0.15, -0.1) is 0 Å². The maximum atomic E-state index is 13.1. The Labute approximate surface area is 110 Å². The number of hydrogen-bond acceptors (Lipinski definition) is 2. The van der Waals surface area contributed by atoms with Crippen LogP contribution in [0.2, 0.25) is 5.02 Å². The minimum absolute atomic E-state index is 0.213. The van der Waals surface area contributed by atoms with E-state index in [1.807, 2.05) is 13.0 Å². The minimum Gasteiger partial charge on any atom is -0.488 e. The smallest absolute Gasteiger partial charge is 0.124 e. The van der Waals surface area contributed by atoms with E-state index < -0.39 is 0 Å². The predicted octanol–water partition coefficient (Wildman–Crippen LogP) is 3.95. The first-order chi connectivity index (χ1) is 8.56. The fraction of sp³-hybridized carbons (Fsp3) is 0.143.